The van der Waals surface area contributed by atoms with Crippen molar-refractivity contribution in [2.75, 3.05) is 32.7 Å². The average Bonchev–Trinajstić information content (AvgIpc) is 2.73. The summed E-state index contributed by atoms with van der Waals surface area (Å²) >= 11 is 0. The van der Waals surface area contributed by atoms with Crippen molar-refractivity contribution in [1.29, 1.82) is 0 Å². The largest absolute Gasteiger partial charge is 0.480 e. The third-order valence-electron chi connectivity index (χ3n) is 3.87. The maximum Gasteiger partial charge on any atom is 0.325 e. The van der Waals surface area contributed by atoms with Gasteiger partial charge in [0.05, 0.1) is 6.54 Å². The lowest BCUT2D eigenvalue weighted by Crippen LogP contribution is -2.51. The lowest BCUT2D eigenvalue weighted by Gasteiger charge is -2.28. The maximum absolute atomic E-state index is 12.0. The quantitative estimate of drug-likeness (QED) is 0.709. The highest BCUT2D eigenvalue weighted by Gasteiger charge is 2.41. The molecule has 2 aliphatic heterocycles. The molecule has 6 nitrogen and oxygen atoms in total. The number of piperidine rings is 1. The standard InChI is InChI=1S/C12H21N3O3/c13-12(11(17)18)4-7-14(9-12)8-10(16)15-5-2-1-3-6-15/h1-9,13H2,(H,17,18). The van der Waals surface area contributed by atoms with E-state index in [1.54, 1.807) is 0 Å². The molecule has 0 bridgehead atoms. The molecule has 2 heterocycles. The second-order valence-electron chi connectivity index (χ2n) is 5.36. The summed E-state index contributed by atoms with van der Waals surface area (Å²) in [4.78, 5) is 26.8. The van der Waals surface area contributed by atoms with Crippen molar-refractivity contribution < 1.29 is 14.7 Å². The zero-order chi connectivity index (χ0) is 13.2. The first-order chi connectivity index (χ1) is 8.51. The van der Waals surface area contributed by atoms with Crippen LogP contribution in [0.3, 0.4) is 0 Å². The van der Waals surface area contributed by atoms with Crippen LogP contribution in [0.5, 0.6) is 0 Å². The molecular formula is C12H21N3O3. The molecule has 2 rings (SSSR count). The molecule has 102 valence electrons. The van der Waals surface area contributed by atoms with E-state index in [0.29, 0.717) is 19.5 Å². The van der Waals surface area contributed by atoms with Crippen LogP contribution in [0.15, 0.2) is 0 Å². The van der Waals surface area contributed by atoms with Crippen LogP contribution in [0.1, 0.15) is 25.7 Å². The van der Waals surface area contributed by atoms with E-state index in [2.05, 4.69) is 0 Å². The van der Waals surface area contributed by atoms with Crippen LogP contribution in [-0.4, -0.2) is 65.0 Å². The van der Waals surface area contributed by atoms with E-state index in [1.807, 2.05) is 9.80 Å². The molecule has 0 aromatic heterocycles. The minimum atomic E-state index is -1.18. The normalized spacial score (nSPS) is 29.5. The van der Waals surface area contributed by atoms with Gasteiger partial charge in [-0.2, -0.15) is 0 Å². The van der Waals surface area contributed by atoms with Gasteiger partial charge in [-0.3, -0.25) is 14.5 Å². The Labute approximate surface area is 107 Å². The topological polar surface area (TPSA) is 86.9 Å². The summed E-state index contributed by atoms with van der Waals surface area (Å²) in [5.41, 5.74) is 4.60. The predicted octanol–water partition coefficient (Wildman–Crippen LogP) is -0.513. The second kappa shape index (κ2) is 5.24. The Morgan fingerprint density at radius 1 is 1.17 bits per heavy atom. The van der Waals surface area contributed by atoms with Crippen LogP contribution >= 0.6 is 0 Å². The van der Waals surface area contributed by atoms with Crippen LogP contribution in [0.2, 0.25) is 0 Å². The van der Waals surface area contributed by atoms with Gasteiger partial charge in [-0.1, -0.05) is 0 Å². The smallest absolute Gasteiger partial charge is 0.325 e. The monoisotopic (exact) mass is 255 g/mol. The number of hydrogen-bond donors (Lipinski definition) is 2. The lowest BCUT2D eigenvalue weighted by molar-refractivity contribution is -0.143. The highest BCUT2D eigenvalue weighted by atomic mass is 16.4. The van der Waals surface area contributed by atoms with E-state index in [-0.39, 0.29) is 12.5 Å². The first-order valence-electron chi connectivity index (χ1n) is 6.54. The molecule has 0 aromatic carbocycles. The molecule has 3 N–H and O–H groups in total. The highest BCUT2D eigenvalue weighted by Crippen LogP contribution is 2.19. The van der Waals surface area contributed by atoms with E-state index < -0.39 is 11.5 Å². The van der Waals surface area contributed by atoms with Crippen LogP contribution in [0, 0.1) is 0 Å². The van der Waals surface area contributed by atoms with Gasteiger partial charge in [0.2, 0.25) is 5.91 Å². The molecule has 0 saturated carbocycles. The Morgan fingerprint density at radius 3 is 2.39 bits per heavy atom. The van der Waals surface area contributed by atoms with Crippen LogP contribution in [0.4, 0.5) is 0 Å². The zero-order valence-corrected chi connectivity index (χ0v) is 10.6. The molecule has 18 heavy (non-hydrogen) atoms. The van der Waals surface area contributed by atoms with Gasteiger partial charge in [0, 0.05) is 26.2 Å². The van der Waals surface area contributed by atoms with Crippen molar-refractivity contribution in [3.63, 3.8) is 0 Å². The summed E-state index contributed by atoms with van der Waals surface area (Å²) in [6, 6.07) is 0. The Morgan fingerprint density at radius 2 is 1.83 bits per heavy atom. The average molecular weight is 255 g/mol. The number of nitrogens with zero attached hydrogens (tertiary/aromatic N) is 2. The number of aliphatic carboxylic acids is 1. The fraction of sp³-hybridized carbons (Fsp3) is 0.833. The molecule has 1 amide bonds. The molecule has 2 saturated heterocycles. The molecule has 0 radical (unpaired) electrons. The number of carboxylic acids is 1. The molecule has 0 spiro atoms. The summed E-state index contributed by atoms with van der Waals surface area (Å²) < 4.78 is 0. The summed E-state index contributed by atoms with van der Waals surface area (Å²) in [5, 5.41) is 9.03. The molecule has 2 fully saturated rings. The van der Waals surface area contributed by atoms with Crippen molar-refractivity contribution in [2.45, 2.75) is 31.2 Å². The van der Waals surface area contributed by atoms with Crippen molar-refractivity contribution in [3.05, 3.63) is 0 Å². The third kappa shape index (κ3) is 2.81. The number of nitrogens with two attached hydrogens (primary N) is 1. The molecular weight excluding hydrogens is 234 g/mol. The highest BCUT2D eigenvalue weighted by molar-refractivity contribution is 5.81. The van der Waals surface area contributed by atoms with E-state index >= 15 is 0 Å². The number of likely N-dealkylation sites (tertiary alicyclic amines) is 2. The van der Waals surface area contributed by atoms with Gasteiger partial charge in [-0.05, 0) is 25.7 Å². The lowest BCUT2D eigenvalue weighted by atomic mass is 10.0. The third-order valence-corrected chi connectivity index (χ3v) is 3.87. The van der Waals surface area contributed by atoms with Gasteiger partial charge in [0.1, 0.15) is 5.54 Å². The molecule has 0 aromatic rings. The van der Waals surface area contributed by atoms with E-state index in [1.165, 1.54) is 6.42 Å². The summed E-state index contributed by atoms with van der Waals surface area (Å²) in [6.07, 6.45) is 3.75. The summed E-state index contributed by atoms with van der Waals surface area (Å²) in [5.74, 6) is -0.875. The minimum absolute atomic E-state index is 0.101. The van der Waals surface area contributed by atoms with Gasteiger partial charge in [0.25, 0.3) is 0 Å². The molecule has 2 aliphatic rings. The fourth-order valence-electron chi connectivity index (χ4n) is 2.66. The molecule has 1 unspecified atom stereocenters. The first kappa shape index (κ1) is 13.3. The van der Waals surface area contributed by atoms with E-state index in [0.717, 1.165) is 25.9 Å². The molecule has 1 atom stereocenters. The Balaban J connectivity index is 1.84. The zero-order valence-electron chi connectivity index (χ0n) is 10.6. The minimum Gasteiger partial charge on any atom is -0.480 e. The van der Waals surface area contributed by atoms with Gasteiger partial charge >= 0.3 is 5.97 Å². The van der Waals surface area contributed by atoms with Gasteiger partial charge in [-0.25, -0.2) is 0 Å². The fourth-order valence-corrected chi connectivity index (χ4v) is 2.66. The number of carbonyl (C=O) groups is 2. The van der Waals surface area contributed by atoms with Crippen LogP contribution < -0.4 is 5.73 Å². The number of amides is 1. The van der Waals surface area contributed by atoms with Gasteiger partial charge in [0.15, 0.2) is 0 Å². The first-order valence-corrected chi connectivity index (χ1v) is 6.54. The van der Waals surface area contributed by atoms with Crippen molar-refractivity contribution in [3.8, 4) is 0 Å². The van der Waals surface area contributed by atoms with E-state index in [4.69, 9.17) is 10.8 Å². The molecule has 6 heteroatoms. The van der Waals surface area contributed by atoms with Crippen molar-refractivity contribution in [1.82, 2.24) is 9.80 Å². The summed E-state index contributed by atoms with van der Waals surface area (Å²) in [6.45, 7) is 2.81. The summed E-state index contributed by atoms with van der Waals surface area (Å²) in [7, 11) is 0. The van der Waals surface area contributed by atoms with Crippen molar-refractivity contribution in [2.24, 2.45) is 5.73 Å². The van der Waals surface area contributed by atoms with Gasteiger partial charge < -0.3 is 15.7 Å². The Bertz CT molecular complexity index is 341. The van der Waals surface area contributed by atoms with E-state index in [9.17, 15) is 9.59 Å². The van der Waals surface area contributed by atoms with Crippen molar-refractivity contribution >= 4 is 11.9 Å². The number of hydrogen-bond acceptors (Lipinski definition) is 4. The SMILES string of the molecule is NC1(C(=O)O)CCN(CC(=O)N2CCCCC2)C1. The second-order valence-corrected chi connectivity index (χ2v) is 5.36. The number of carboxylic acid groups (broad SMARTS) is 1. The predicted molar refractivity (Wildman–Crippen MR) is 66.0 cm³/mol. The molecule has 0 aliphatic carbocycles. The van der Waals surface area contributed by atoms with Crippen LogP contribution in [-0.2, 0) is 9.59 Å². The number of rotatable bonds is 3. The van der Waals surface area contributed by atoms with Crippen LogP contribution in [0.25, 0.3) is 0 Å². The Hall–Kier alpha value is -1.14. The maximum atomic E-state index is 12.0. The Kier molecular flexibility index (Phi) is 3.87. The number of carbonyl (C=O) groups excluding carboxylic acids is 1. The van der Waals surface area contributed by atoms with Gasteiger partial charge in [-0.15, -0.1) is 0 Å².